The Morgan fingerprint density at radius 3 is 2.79 bits per heavy atom. The lowest BCUT2D eigenvalue weighted by atomic mass is 10.0. The molecule has 3 heteroatoms. The second-order valence-corrected chi connectivity index (χ2v) is 4.35. The molecule has 0 N–H and O–H groups in total. The predicted molar refractivity (Wildman–Crippen MR) is 56.1 cm³/mol. The Labute approximate surface area is 86.4 Å². The first-order valence-electron chi connectivity index (χ1n) is 5.53. The molecule has 14 heavy (non-hydrogen) atoms. The van der Waals surface area contributed by atoms with Gasteiger partial charge in [0.2, 0.25) is 0 Å². The number of esters is 1. The van der Waals surface area contributed by atoms with Crippen LogP contribution in [-0.4, -0.2) is 36.1 Å². The number of likely N-dealkylation sites (tertiary alicyclic amines) is 1. The predicted octanol–water partition coefficient (Wildman–Crippen LogP) is 1.81. The molecular weight excluding hydrogens is 178 g/mol. The monoisotopic (exact) mass is 199 g/mol. The van der Waals surface area contributed by atoms with Crippen molar-refractivity contribution in [1.82, 2.24) is 4.90 Å². The maximum Gasteiger partial charge on any atom is 0.320 e. The molecule has 1 atom stereocenters. The van der Waals surface area contributed by atoms with Crippen molar-refractivity contribution < 1.29 is 9.53 Å². The van der Waals surface area contributed by atoms with E-state index >= 15 is 0 Å². The molecule has 0 amide bonds. The van der Waals surface area contributed by atoms with Gasteiger partial charge in [-0.25, -0.2) is 0 Å². The van der Waals surface area contributed by atoms with Crippen molar-refractivity contribution in [3.05, 3.63) is 0 Å². The maximum absolute atomic E-state index is 11.4. The van der Waals surface area contributed by atoms with Crippen LogP contribution in [0.5, 0.6) is 0 Å². The molecule has 0 aromatic heterocycles. The van der Waals surface area contributed by atoms with Crippen LogP contribution in [0.25, 0.3) is 0 Å². The highest BCUT2D eigenvalue weighted by molar-refractivity contribution is 5.71. The Morgan fingerprint density at radius 1 is 1.50 bits per heavy atom. The fraction of sp³-hybridized carbons (Fsp3) is 0.909. The minimum atomic E-state index is -0.0891. The lowest BCUT2D eigenvalue weighted by Crippen LogP contribution is -2.41. The van der Waals surface area contributed by atoms with Gasteiger partial charge in [0.15, 0.2) is 0 Å². The quantitative estimate of drug-likeness (QED) is 0.649. The number of carbonyl (C=O) groups is 1. The maximum atomic E-state index is 11.4. The molecule has 3 nitrogen and oxygen atoms in total. The van der Waals surface area contributed by atoms with E-state index in [0.29, 0.717) is 12.6 Å². The second kappa shape index (κ2) is 5.35. The summed E-state index contributed by atoms with van der Waals surface area (Å²) < 4.78 is 5.12. The molecule has 1 heterocycles. The molecule has 0 saturated carbocycles. The first kappa shape index (κ1) is 11.5. The summed E-state index contributed by atoms with van der Waals surface area (Å²) in [6.07, 6.45) is 3.70. The smallest absolute Gasteiger partial charge is 0.320 e. The van der Waals surface area contributed by atoms with E-state index in [-0.39, 0.29) is 12.1 Å². The zero-order valence-corrected chi connectivity index (χ0v) is 9.45. The van der Waals surface area contributed by atoms with Gasteiger partial charge in [0.1, 0.15) is 0 Å². The average Bonchev–Trinajstić information content (AvgIpc) is 2.07. The standard InChI is InChI=1S/C11H21NO2/c1-9(2)14-11(13)8-12-7-5-4-6-10(12)3/h9-10H,4-8H2,1-3H3. The minimum absolute atomic E-state index is 0.00240. The normalized spacial score (nSPS) is 23.9. The third-order valence-corrected chi connectivity index (χ3v) is 2.64. The van der Waals surface area contributed by atoms with Crippen LogP contribution in [0.4, 0.5) is 0 Å². The van der Waals surface area contributed by atoms with Crippen LogP contribution >= 0.6 is 0 Å². The molecule has 1 unspecified atom stereocenters. The minimum Gasteiger partial charge on any atom is -0.462 e. The first-order valence-corrected chi connectivity index (χ1v) is 5.53. The van der Waals surface area contributed by atoms with Gasteiger partial charge in [-0.05, 0) is 40.2 Å². The second-order valence-electron chi connectivity index (χ2n) is 4.35. The van der Waals surface area contributed by atoms with Gasteiger partial charge in [-0.15, -0.1) is 0 Å². The third-order valence-electron chi connectivity index (χ3n) is 2.64. The van der Waals surface area contributed by atoms with E-state index < -0.39 is 0 Å². The Kier molecular flexibility index (Phi) is 4.39. The highest BCUT2D eigenvalue weighted by Crippen LogP contribution is 2.15. The van der Waals surface area contributed by atoms with Gasteiger partial charge in [0.25, 0.3) is 0 Å². The van der Waals surface area contributed by atoms with Crippen LogP contribution in [0.3, 0.4) is 0 Å². The SMILES string of the molecule is CC(C)OC(=O)CN1CCCCC1C. The van der Waals surface area contributed by atoms with E-state index in [1.165, 1.54) is 19.3 Å². The van der Waals surface area contributed by atoms with Crippen molar-refractivity contribution >= 4 is 5.97 Å². The summed E-state index contributed by atoms with van der Waals surface area (Å²) in [5.74, 6) is -0.0891. The van der Waals surface area contributed by atoms with Crippen LogP contribution in [0.15, 0.2) is 0 Å². The zero-order valence-electron chi connectivity index (χ0n) is 9.45. The summed E-state index contributed by atoms with van der Waals surface area (Å²) in [7, 11) is 0. The number of hydrogen-bond donors (Lipinski definition) is 0. The summed E-state index contributed by atoms with van der Waals surface area (Å²) in [6.45, 7) is 7.45. The van der Waals surface area contributed by atoms with E-state index in [0.717, 1.165) is 6.54 Å². The van der Waals surface area contributed by atoms with Crippen LogP contribution < -0.4 is 0 Å². The van der Waals surface area contributed by atoms with Crippen molar-refractivity contribution in [3.63, 3.8) is 0 Å². The Balaban J connectivity index is 2.31. The molecule has 1 aliphatic rings. The van der Waals surface area contributed by atoms with E-state index in [9.17, 15) is 4.79 Å². The lowest BCUT2D eigenvalue weighted by Gasteiger charge is -2.32. The Morgan fingerprint density at radius 2 is 2.21 bits per heavy atom. The first-order chi connectivity index (χ1) is 6.59. The van der Waals surface area contributed by atoms with Crippen LogP contribution in [0.1, 0.15) is 40.0 Å². The summed E-state index contributed by atoms with van der Waals surface area (Å²) in [6, 6.07) is 0.531. The van der Waals surface area contributed by atoms with Crippen molar-refractivity contribution in [2.75, 3.05) is 13.1 Å². The number of carbonyl (C=O) groups excluding carboxylic acids is 1. The van der Waals surface area contributed by atoms with Gasteiger partial charge in [-0.2, -0.15) is 0 Å². The van der Waals surface area contributed by atoms with E-state index in [1.807, 2.05) is 13.8 Å². The fourth-order valence-electron chi connectivity index (χ4n) is 1.86. The number of ether oxygens (including phenoxy) is 1. The number of piperidine rings is 1. The Bertz CT molecular complexity index is 192. The fourth-order valence-corrected chi connectivity index (χ4v) is 1.86. The molecule has 1 saturated heterocycles. The van der Waals surface area contributed by atoms with Crippen molar-refractivity contribution in [3.8, 4) is 0 Å². The molecule has 0 aliphatic carbocycles. The van der Waals surface area contributed by atoms with E-state index in [1.54, 1.807) is 0 Å². The number of rotatable bonds is 3. The van der Waals surface area contributed by atoms with Gasteiger partial charge in [-0.3, -0.25) is 9.69 Å². The van der Waals surface area contributed by atoms with Gasteiger partial charge >= 0.3 is 5.97 Å². The Hall–Kier alpha value is -0.570. The molecule has 0 aromatic rings. The average molecular weight is 199 g/mol. The van der Waals surface area contributed by atoms with E-state index in [4.69, 9.17) is 4.74 Å². The van der Waals surface area contributed by atoms with Crippen molar-refractivity contribution in [1.29, 1.82) is 0 Å². The largest absolute Gasteiger partial charge is 0.462 e. The summed E-state index contributed by atoms with van der Waals surface area (Å²) in [5.41, 5.74) is 0. The van der Waals surface area contributed by atoms with Crippen LogP contribution in [0.2, 0.25) is 0 Å². The molecule has 1 rings (SSSR count). The molecule has 0 aromatic carbocycles. The third kappa shape index (κ3) is 3.66. The van der Waals surface area contributed by atoms with Gasteiger partial charge < -0.3 is 4.74 Å². The van der Waals surface area contributed by atoms with Gasteiger partial charge in [0.05, 0.1) is 12.6 Å². The summed E-state index contributed by atoms with van der Waals surface area (Å²) in [5, 5.41) is 0. The molecule has 0 bridgehead atoms. The zero-order chi connectivity index (χ0) is 10.6. The van der Waals surface area contributed by atoms with Gasteiger partial charge in [-0.1, -0.05) is 6.42 Å². The molecule has 82 valence electrons. The summed E-state index contributed by atoms with van der Waals surface area (Å²) in [4.78, 5) is 13.6. The summed E-state index contributed by atoms with van der Waals surface area (Å²) >= 11 is 0. The van der Waals surface area contributed by atoms with Crippen molar-refractivity contribution in [2.24, 2.45) is 0 Å². The topological polar surface area (TPSA) is 29.5 Å². The highest BCUT2D eigenvalue weighted by Gasteiger charge is 2.21. The molecular formula is C11H21NO2. The number of nitrogens with zero attached hydrogens (tertiary/aromatic N) is 1. The van der Waals surface area contributed by atoms with Crippen molar-refractivity contribution in [2.45, 2.75) is 52.2 Å². The van der Waals surface area contributed by atoms with E-state index in [2.05, 4.69) is 11.8 Å². The lowest BCUT2D eigenvalue weighted by molar-refractivity contribution is -0.149. The molecule has 0 radical (unpaired) electrons. The highest BCUT2D eigenvalue weighted by atomic mass is 16.5. The molecule has 1 fully saturated rings. The molecule has 0 spiro atoms. The number of hydrogen-bond acceptors (Lipinski definition) is 3. The van der Waals surface area contributed by atoms with Gasteiger partial charge in [0, 0.05) is 6.04 Å². The molecule has 1 aliphatic heterocycles. The van der Waals surface area contributed by atoms with Crippen LogP contribution in [-0.2, 0) is 9.53 Å². The van der Waals surface area contributed by atoms with Crippen LogP contribution in [0, 0.1) is 0 Å².